The molecule has 0 radical (unpaired) electrons. The summed E-state index contributed by atoms with van der Waals surface area (Å²) in [6, 6.07) is 10.0. The van der Waals surface area contributed by atoms with Crippen molar-refractivity contribution in [2.24, 2.45) is 0 Å². The number of ether oxygens (including phenoxy) is 3. The highest BCUT2D eigenvalue weighted by atomic mass is 32.2. The molecular weight excluding hydrogens is 450 g/mol. The van der Waals surface area contributed by atoms with Crippen molar-refractivity contribution in [3.63, 3.8) is 0 Å². The van der Waals surface area contributed by atoms with Gasteiger partial charge in [-0.2, -0.15) is 0 Å². The van der Waals surface area contributed by atoms with Crippen molar-refractivity contribution >= 4 is 11.8 Å². The van der Waals surface area contributed by atoms with Crippen molar-refractivity contribution in [2.75, 3.05) is 27.9 Å². The van der Waals surface area contributed by atoms with E-state index in [2.05, 4.69) is 37.8 Å². The molecule has 2 aromatic heterocycles. The molecule has 3 aromatic rings. The standard InChI is InChI=1S/C25H33N5O3S/c1-18-22(31-3)11-10-19(24(18)32-4)14-29(2)16-23-27-28-25(30(23)15-21-9-7-13-33-21)34-17-20-8-5-6-12-26-20/h5-6,8,10-12,21H,7,9,13-17H2,1-4H3/t21-/m1/s1. The lowest BCUT2D eigenvalue weighted by molar-refractivity contribution is 0.0934. The van der Waals surface area contributed by atoms with Gasteiger partial charge in [0.05, 0.1) is 39.1 Å². The minimum atomic E-state index is 0.207. The summed E-state index contributed by atoms with van der Waals surface area (Å²) in [6.07, 6.45) is 4.20. The zero-order valence-corrected chi connectivity index (χ0v) is 21.2. The molecule has 0 bridgehead atoms. The van der Waals surface area contributed by atoms with E-state index in [9.17, 15) is 0 Å². The Kier molecular flexibility index (Phi) is 8.42. The number of aromatic nitrogens is 4. The van der Waals surface area contributed by atoms with Crippen LogP contribution in [0, 0.1) is 6.92 Å². The van der Waals surface area contributed by atoms with E-state index >= 15 is 0 Å². The van der Waals surface area contributed by atoms with Gasteiger partial charge in [-0.15, -0.1) is 10.2 Å². The molecule has 1 aliphatic rings. The number of hydrogen-bond donors (Lipinski definition) is 0. The van der Waals surface area contributed by atoms with Gasteiger partial charge in [0, 0.05) is 36.2 Å². The Hall–Kier alpha value is -2.62. The lowest BCUT2D eigenvalue weighted by Crippen LogP contribution is -2.23. The summed E-state index contributed by atoms with van der Waals surface area (Å²) in [7, 11) is 5.47. The van der Waals surface area contributed by atoms with Gasteiger partial charge in [-0.3, -0.25) is 9.88 Å². The highest BCUT2D eigenvalue weighted by Crippen LogP contribution is 2.32. The Morgan fingerprint density at radius 2 is 2.03 bits per heavy atom. The summed E-state index contributed by atoms with van der Waals surface area (Å²) in [5, 5.41) is 10.00. The third kappa shape index (κ3) is 5.89. The molecule has 34 heavy (non-hydrogen) atoms. The maximum atomic E-state index is 5.92. The van der Waals surface area contributed by atoms with Crippen LogP contribution in [0.5, 0.6) is 11.5 Å². The SMILES string of the molecule is COc1ccc(CN(C)Cc2nnc(SCc3ccccn3)n2C[C@H]2CCCO2)c(OC)c1C. The molecule has 182 valence electrons. The quantitative estimate of drug-likeness (QED) is 0.378. The zero-order chi connectivity index (χ0) is 23.9. The van der Waals surface area contributed by atoms with Crippen LogP contribution in [0.25, 0.3) is 0 Å². The molecule has 0 saturated carbocycles. The second kappa shape index (κ2) is 11.7. The van der Waals surface area contributed by atoms with Gasteiger partial charge < -0.3 is 18.8 Å². The Morgan fingerprint density at radius 3 is 2.74 bits per heavy atom. The van der Waals surface area contributed by atoms with Gasteiger partial charge in [-0.25, -0.2) is 0 Å². The molecule has 1 saturated heterocycles. The largest absolute Gasteiger partial charge is 0.496 e. The van der Waals surface area contributed by atoms with E-state index < -0.39 is 0 Å². The fraction of sp³-hybridized carbons (Fsp3) is 0.480. The number of hydrogen-bond acceptors (Lipinski definition) is 8. The molecular formula is C25H33N5O3S. The Labute approximate surface area is 205 Å². The predicted octanol–water partition coefficient (Wildman–Crippen LogP) is 4.10. The van der Waals surface area contributed by atoms with E-state index in [1.807, 2.05) is 37.4 Å². The maximum Gasteiger partial charge on any atom is 0.191 e. The van der Waals surface area contributed by atoms with Crippen LogP contribution in [-0.4, -0.2) is 58.6 Å². The van der Waals surface area contributed by atoms with Crippen molar-refractivity contribution in [2.45, 2.75) is 56.4 Å². The van der Waals surface area contributed by atoms with Gasteiger partial charge in [0.25, 0.3) is 0 Å². The average molecular weight is 484 g/mol. The second-order valence-corrected chi connectivity index (χ2v) is 9.45. The van der Waals surface area contributed by atoms with Crippen molar-refractivity contribution in [1.29, 1.82) is 0 Å². The third-order valence-corrected chi connectivity index (χ3v) is 6.99. The van der Waals surface area contributed by atoms with E-state index in [1.165, 1.54) is 0 Å². The topological polar surface area (TPSA) is 74.5 Å². The molecule has 3 heterocycles. The molecule has 1 atom stereocenters. The number of benzene rings is 1. The van der Waals surface area contributed by atoms with Crippen LogP contribution in [0.1, 0.15) is 35.5 Å². The highest BCUT2D eigenvalue weighted by molar-refractivity contribution is 7.98. The second-order valence-electron chi connectivity index (χ2n) is 8.51. The molecule has 4 rings (SSSR count). The molecule has 0 amide bonds. The average Bonchev–Trinajstić information content (AvgIpc) is 3.49. The first-order valence-corrected chi connectivity index (χ1v) is 12.5. The van der Waals surface area contributed by atoms with Gasteiger partial charge >= 0.3 is 0 Å². The third-order valence-electron chi connectivity index (χ3n) is 5.99. The number of thioether (sulfide) groups is 1. The normalized spacial score (nSPS) is 15.7. The van der Waals surface area contributed by atoms with Crippen LogP contribution in [0.4, 0.5) is 0 Å². The lowest BCUT2D eigenvalue weighted by atomic mass is 10.1. The van der Waals surface area contributed by atoms with E-state index in [-0.39, 0.29) is 6.10 Å². The monoisotopic (exact) mass is 483 g/mol. The predicted molar refractivity (Wildman–Crippen MR) is 132 cm³/mol. The van der Waals surface area contributed by atoms with Crippen molar-refractivity contribution in [1.82, 2.24) is 24.6 Å². The summed E-state index contributed by atoms with van der Waals surface area (Å²) >= 11 is 1.67. The van der Waals surface area contributed by atoms with Crippen molar-refractivity contribution in [3.8, 4) is 11.5 Å². The van der Waals surface area contributed by atoms with Gasteiger partial charge in [0.1, 0.15) is 17.3 Å². The van der Waals surface area contributed by atoms with Crippen LogP contribution < -0.4 is 9.47 Å². The molecule has 1 aliphatic heterocycles. The summed E-state index contributed by atoms with van der Waals surface area (Å²) in [5.74, 6) is 3.38. The molecule has 0 N–H and O–H groups in total. The van der Waals surface area contributed by atoms with Crippen molar-refractivity contribution in [3.05, 3.63) is 59.2 Å². The van der Waals surface area contributed by atoms with Crippen LogP contribution in [0.3, 0.4) is 0 Å². The first-order valence-electron chi connectivity index (χ1n) is 11.5. The minimum Gasteiger partial charge on any atom is -0.496 e. The van der Waals surface area contributed by atoms with Crippen LogP contribution >= 0.6 is 11.8 Å². The van der Waals surface area contributed by atoms with E-state index in [1.54, 1.807) is 26.0 Å². The first-order chi connectivity index (χ1) is 16.6. The van der Waals surface area contributed by atoms with Crippen LogP contribution in [0.2, 0.25) is 0 Å². The zero-order valence-electron chi connectivity index (χ0n) is 20.4. The van der Waals surface area contributed by atoms with Gasteiger partial charge in [0.15, 0.2) is 5.16 Å². The molecule has 1 aromatic carbocycles. The summed E-state index contributed by atoms with van der Waals surface area (Å²) in [4.78, 5) is 6.66. The first kappa shape index (κ1) is 24.5. The van der Waals surface area contributed by atoms with Gasteiger partial charge in [-0.1, -0.05) is 23.9 Å². The maximum absolute atomic E-state index is 5.92. The summed E-state index contributed by atoms with van der Waals surface area (Å²) in [6.45, 7) is 5.00. The molecule has 0 spiro atoms. The number of rotatable bonds is 11. The van der Waals surface area contributed by atoms with E-state index in [4.69, 9.17) is 14.2 Å². The summed E-state index contributed by atoms with van der Waals surface area (Å²) < 4.78 is 19.3. The van der Waals surface area contributed by atoms with Crippen molar-refractivity contribution < 1.29 is 14.2 Å². The fourth-order valence-corrected chi connectivity index (χ4v) is 5.17. The van der Waals surface area contributed by atoms with Gasteiger partial charge in [-0.05, 0) is 45.0 Å². The molecule has 8 nitrogen and oxygen atoms in total. The van der Waals surface area contributed by atoms with E-state index in [0.29, 0.717) is 6.54 Å². The number of pyridine rings is 1. The molecule has 0 aliphatic carbocycles. The minimum absolute atomic E-state index is 0.207. The fourth-order valence-electron chi connectivity index (χ4n) is 4.29. The summed E-state index contributed by atoms with van der Waals surface area (Å²) in [5.41, 5.74) is 3.14. The smallest absolute Gasteiger partial charge is 0.191 e. The lowest BCUT2D eigenvalue weighted by Gasteiger charge is -2.21. The van der Waals surface area contributed by atoms with E-state index in [0.717, 1.165) is 77.6 Å². The van der Waals surface area contributed by atoms with Crippen LogP contribution in [-0.2, 0) is 30.1 Å². The number of nitrogens with zero attached hydrogens (tertiary/aromatic N) is 5. The highest BCUT2D eigenvalue weighted by Gasteiger charge is 2.22. The Balaban J connectivity index is 1.50. The van der Waals surface area contributed by atoms with Gasteiger partial charge in [0.2, 0.25) is 0 Å². The molecule has 9 heteroatoms. The Bertz CT molecular complexity index is 1070. The number of methoxy groups -OCH3 is 2. The van der Waals surface area contributed by atoms with Crippen LogP contribution in [0.15, 0.2) is 41.7 Å². The Morgan fingerprint density at radius 1 is 1.15 bits per heavy atom. The molecule has 1 fully saturated rings. The molecule has 0 unspecified atom stereocenters.